The minimum absolute atomic E-state index is 0.123. The zero-order valence-corrected chi connectivity index (χ0v) is 13.0. The zero-order valence-electron chi connectivity index (χ0n) is 12.2. The number of rotatable bonds is 4. The fourth-order valence-corrected chi connectivity index (χ4v) is 3.28. The number of ether oxygens (including phenoxy) is 1. The maximum Gasteiger partial charge on any atom is 0.414 e. The summed E-state index contributed by atoms with van der Waals surface area (Å²) < 4.78 is 57.8. The number of cyclic esters (lactones) is 1. The highest BCUT2D eigenvalue weighted by Gasteiger charge is 2.24. The maximum absolute atomic E-state index is 13.6. The highest BCUT2D eigenvalue weighted by molar-refractivity contribution is 7.92. The van der Waals surface area contributed by atoms with Gasteiger partial charge in [-0.15, -0.1) is 0 Å². The molecule has 0 atom stereocenters. The summed E-state index contributed by atoms with van der Waals surface area (Å²) in [7, 11) is -4.05. The smallest absolute Gasteiger partial charge is 0.414 e. The number of hydrogen-bond donors (Lipinski definition) is 1. The van der Waals surface area contributed by atoms with E-state index in [0.717, 1.165) is 12.1 Å². The van der Waals surface area contributed by atoms with Crippen molar-refractivity contribution in [3.63, 3.8) is 0 Å². The largest absolute Gasteiger partial charge is 0.447 e. The molecule has 9 heteroatoms. The van der Waals surface area contributed by atoms with Gasteiger partial charge in [0, 0.05) is 11.8 Å². The van der Waals surface area contributed by atoms with Crippen molar-refractivity contribution in [2.75, 3.05) is 22.8 Å². The maximum atomic E-state index is 13.6. The molecule has 24 heavy (non-hydrogen) atoms. The number of carbonyl (C=O) groups is 1. The molecule has 6 nitrogen and oxygen atoms in total. The molecule has 126 valence electrons. The van der Waals surface area contributed by atoms with E-state index in [-0.39, 0.29) is 17.2 Å². The number of nitrogens with one attached hydrogen (secondary N) is 1. The lowest BCUT2D eigenvalue weighted by atomic mass is 10.3. The van der Waals surface area contributed by atoms with Gasteiger partial charge in [0.15, 0.2) is 0 Å². The Bertz CT molecular complexity index is 885. The molecule has 0 saturated carbocycles. The van der Waals surface area contributed by atoms with Crippen molar-refractivity contribution in [3.8, 4) is 0 Å². The summed E-state index contributed by atoms with van der Waals surface area (Å²) >= 11 is 0. The van der Waals surface area contributed by atoms with E-state index in [2.05, 4.69) is 4.72 Å². The fraction of sp³-hybridized carbons (Fsp3) is 0.133. The van der Waals surface area contributed by atoms with Crippen molar-refractivity contribution in [2.45, 2.75) is 4.90 Å². The predicted octanol–water partition coefficient (Wildman–Crippen LogP) is 2.72. The lowest BCUT2D eigenvalue weighted by Gasteiger charge is -2.14. The van der Waals surface area contributed by atoms with E-state index in [9.17, 15) is 22.0 Å². The topological polar surface area (TPSA) is 75.7 Å². The number of benzene rings is 2. The molecule has 3 rings (SSSR count). The highest BCUT2D eigenvalue weighted by Crippen LogP contribution is 2.23. The van der Waals surface area contributed by atoms with Crippen molar-refractivity contribution in [3.05, 3.63) is 54.1 Å². The Kier molecular flexibility index (Phi) is 4.10. The molecule has 1 N–H and O–H groups in total. The van der Waals surface area contributed by atoms with Crippen molar-refractivity contribution >= 4 is 27.5 Å². The monoisotopic (exact) mass is 354 g/mol. The van der Waals surface area contributed by atoms with E-state index in [4.69, 9.17) is 4.74 Å². The van der Waals surface area contributed by atoms with E-state index >= 15 is 0 Å². The number of sulfonamides is 1. The lowest BCUT2D eigenvalue weighted by Crippen LogP contribution is -2.23. The first-order valence-corrected chi connectivity index (χ1v) is 8.37. The second-order valence-electron chi connectivity index (χ2n) is 4.99. The molecule has 2 aromatic carbocycles. The van der Waals surface area contributed by atoms with Gasteiger partial charge in [-0.3, -0.25) is 9.62 Å². The molecule has 2 aromatic rings. The Morgan fingerprint density at radius 2 is 1.79 bits per heavy atom. The minimum atomic E-state index is -4.05. The van der Waals surface area contributed by atoms with Crippen molar-refractivity contribution in [1.82, 2.24) is 0 Å². The van der Waals surface area contributed by atoms with Gasteiger partial charge in [0.2, 0.25) is 0 Å². The third kappa shape index (κ3) is 3.16. The van der Waals surface area contributed by atoms with Gasteiger partial charge in [-0.25, -0.2) is 22.0 Å². The normalized spacial score (nSPS) is 14.6. The van der Waals surface area contributed by atoms with Crippen LogP contribution in [0, 0.1) is 11.6 Å². The zero-order chi connectivity index (χ0) is 17.3. The summed E-state index contributed by atoms with van der Waals surface area (Å²) in [5.74, 6) is -1.83. The standard InChI is InChI=1S/C15H12F2N2O4S/c16-10-1-6-14(13(17)9-10)18-24(21,22)12-4-2-11(3-5-12)19-7-8-23-15(19)20/h1-6,9,18H,7-8H2. The number of amides is 1. The van der Waals surface area contributed by atoms with Gasteiger partial charge >= 0.3 is 6.09 Å². The van der Waals surface area contributed by atoms with E-state index in [0.29, 0.717) is 18.3 Å². The molecule has 1 heterocycles. The van der Waals surface area contributed by atoms with Gasteiger partial charge in [-0.1, -0.05) is 0 Å². The molecular weight excluding hydrogens is 342 g/mol. The van der Waals surface area contributed by atoms with E-state index in [1.807, 2.05) is 0 Å². The summed E-state index contributed by atoms with van der Waals surface area (Å²) in [5.41, 5.74) is 0.132. The number of carbonyl (C=O) groups excluding carboxylic acids is 1. The molecule has 0 unspecified atom stereocenters. The Morgan fingerprint density at radius 1 is 1.08 bits per heavy atom. The van der Waals surface area contributed by atoms with Gasteiger partial charge in [-0.2, -0.15) is 0 Å². The SMILES string of the molecule is O=C1OCCN1c1ccc(S(=O)(=O)Nc2ccc(F)cc2F)cc1. The van der Waals surface area contributed by atoms with Gasteiger partial charge < -0.3 is 4.74 Å². The van der Waals surface area contributed by atoms with Gasteiger partial charge in [0.1, 0.15) is 18.2 Å². The molecule has 1 amide bonds. The Labute approximate surface area is 136 Å². The molecule has 1 aliphatic heterocycles. The van der Waals surface area contributed by atoms with Gasteiger partial charge in [0.05, 0.1) is 17.1 Å². The molecule has 1 saturated heterocycles. The van der Waals surface area contributed by atoms with Crippen LogP contribution in [0.25, 0.3) is 0 Å². The van der Waals surface area contributed by atoms with Crippen LogP contribution in [0.3, 0.4) is 0 Å². The molecule has 0 aliphatic carbocycles. The lowest BCUT2D eigenvalue weighted by molar-refractivity contribution is 0.181. The second kappa shape index (κ2) is 6.08. The van der Waals surface area contributed by atoms with Crippen molar-refractivity contribution in [2.24, 2.45) is 0 Å². The Hall–Kier alpha value is -2.68. The molecule has 0 aromatic heterocycles. The summed E-state index contributed by atoms with van der Waals surface area (Å²) in [6.45, 7) is 0.647. The average molecular weight is 354 g/mol. The number of hydrogen-bond acceptors (Lipinski definition) is 4. The molecule has 0 radical (unpaired) electrons. The van der Waals surface area contributed by atoms with Crippen molar-refractivity contribution < 1.29 is 26.7 Å². The Balaban J connectivity index is 1.83. The average Bonchev–Trinajstić information content (AvgIpc) is 2.96. The second-order valence-corrected chi connectivity index (χ2v) is 6.67. The van der Waals surface area contributed by atoms with Crippen LogP contribution in [0.15, 0.2) is 47.4 Å². The summed E-state index contributed by atoms with van der Waals surface area (Å²) in [6.07, 6.45) is -0.503. The van der Waals surface area contributed by atoms with E-state index in [1.54, 1.807) is 0 Å². The van der Waals surface area contributed by atoms with Crippen LogP contribution in [-0.2, 0) is 14.8 Å². The summed E-state index contributed by atoms with van der Waals surface area (Å²) in [6, 6.07) is 7.99. The molecule has 1 aliphatic rings. The van der Waals surface area contributed by atoms with Crippen LogP contribution < -0.4 is 9.62 Å². The van der Waals surface area contributed by atoms with Gasteiger partial charge in [0.25, 0.3) is 10.0 Å². The first-order chi connectivity index (χ1) is 11.4. The first-order valence-electron chi connectivity index (χ1n) is 6.89. The number of anilines is 2. The highest BCUT2D eigenvalue weighted by atomic mass is 32.2. The molecule has 1 fully saturated rings. The van der Waals surface area contributed by atoms with Crippen LogP contribution in [0.2, 0.25) is 0 Å². The summed E-state index contributed by atoms with van der Waals surface area (Å²) in [4.78, 5) is 12.7. The molecular formula is C15H12F2N2O4S. The molecule has 0 spiro atoms. The molecule has 0 bridgehead atoms. The third-order valence-electron chi connectivity index (χ3n) is 3.39. The van der Waals surface area contributed by atoms with Crippen LogP contribution in [0.1, 0.15) is 0 Å². The van der Waals surface area contributed by atoms with Crippen LogP contribution in [-0.4, -0.2) is 27.7 Å². The van der Waals surface area contributed by atoms with Crippen LogP contribution >= 0.6 is 0 Å². The van der Waals surface area contributed by atoms with Crippen LogP contribution in [0.5, 0.6) is 0 Å². The minimum Gasteiger partial charge on any atom is -0.447 e. The number of halogens is 2. The summed E-state index contributed by atoms with van der Waals surface area (Å²) in [5, 5.41) is 0. The predicted molar refractivity (Wildman–Crippen MR) is 82.3 cm³/mol. The fourth-order valence-electron chi connectivity index (χ4n) is 2.21. The van der Waals surface area contributed by atoms with E-state index in [1.165, 1.54) is 29.2 Å². The first kappa shape index (κ1) is 16.2. The van der Waals surface area contributed by atoms with Gasteiger partial charge in [-0.05, 0) is 36.4 Å². The Morgan fingerprint density at radius 3 is 2.38 bits per heavy atom. The quantitative estimate of drug-likeness (QED) is 0.916. The number of nitrogens with zero attached hydrogens (tertiary/aromatic N) is 1. The third-order valence-corrected chi connectivity index (χ3v) is 4.78. The van der Waals surface area contributed by atoms with E-state index < -0.39 is 27.8 Å². The van der Waals surface area contributed by atoms with Crippen molar-refractivity contribution in [1.29, 1.82) is 0 Å². The van der Waals surface area contributed by atoms with Crippen LogP contribution in [0.4, 0.5) is 25.0 Å².